The van der Waals surface area contributed by atoms with Crippen molar-refractivity contribution in [3.63, 3.8) is 0 Å². The molecule has 3 rings (SSSR count). The number of non-ortho nitro benzene ring substituents is 1. The number of nitro groups is 1. The lowest BCUT2D eigenvalue weighted by molar-refractivity contribution is -0.384. The summed E-state index contributed by atoms with van der Waals surface area (Å²) in [6, 6.07) is 11.2. The number of hydrogen-bond acceptors (Lipinski definition) is 7. The van der Waals surface area contributed by atoms with Crippen LogP contribution >= 0.6 is 0 Å². The molecule has 0 aliphatic heterocycles. The van der Waals surface area contributed by atoms with Crippen LogP contribution in [0.15, 0.2) is 48.7 Å². The van der Waals surface area contributed by atoms with E-state index in [1.807, 2.05) is 6.07 Å². The summed E-state index contributed by atoms with van der Waals surface area (Å²) in [5.74, 6) is -2.97. The van der Waals surface area contributed by atoms with E-state index in [1.54, 1.807) is 39.3 Å². The molecular formula is C23H24N2O7. The monoisotopic (exact) mass is 440 g/mol. The van der Waals surface area contributed by atoms with Crippen LogP contribution in [0.4, 0.5) is 5.69 Å². The third-order valence-corrected chi connectivity index (χ3v) is 5.13. The molecule has 0 aliphatic carbocycles. The number of H-pyrrole nitrogens is 1. The molecule has 2 aromatic carbocycles. The minimum atomic E-state index is -1.30. The second-order valence-electron chi connectivity index (χ2n) is 6.96. The zero-order valence-corrected chi connectivity index (χ0v) is 18.0. The van der Waals surface area contributed by atoms with E-state index in [1.165, 1.54) is 24.3 Å². The lowest BCUT2D eigenvalue weighted by Crippen LogP contribution is -2.34. The van der Waals surface area contributed by atoms with Crippen molar-refractivity contribution >= 4 is 28.5 Å². The number of aromatic amines is 1. The number of rotatable bonds is 9. The Balaban J connectivity index is 2.23. The van der Waals surface area contributed by atoms with Gasteiger partial charge in [0.2, 0.25) is 0 Å². The highest BCUT2D eigenvalue weighted by molar-refractivity contribution is 5.98. The summed E-state index contributed by atoms with van der Waals surface area (Å²) < 4.78 is 15.8. The van der Waals surface area contributed by atoms with Gasteiger partial charge >= 0.3 is 11.9 Å². The Morgan fingerprint density at radius 2 is 1.66 bits per heavy atom. The van der Waals surface area contributed by atoms with Gasteiger partial charge in [-0.25, -0.2) is 0 Å². The molecule has 1 N–H and O–H groups in total. The topological polar surface area (TPSA) is 121 Å². The number of carbonyl (C=O) groups excluding carboxylic acids is 2. The SMILES string of the molecule is CCOC(=O)C(C(=O)OCC)[C@@H](c1ccc([N+](=O)[O-])cc1)c1c[nH]c2ccc(OC)cc12. The Bertz CT molecular complexity index is 1100. The van der Waals surface area contributed by atoms with Gasteiger partial charge in [-0.2, -0.15) is 0 Å². The number of nitrogens with one attached hydrogen (secondary N) is 1. The second kappa shape index (κ2) is 9.95. The Labute approximate surface area is 184 Å². The summed E-state index contributed by atoms with van der Waals surface area (Å²) in [5, 5.41) is 11.9. The maximum absolute atomic E-state index is 12.9. The third-order valence-electron chi connectivity index (χ3n) is 5.13. The number of benzene rings is 2. The van der Waals surface area contributed by atoms with E-state index in [0.717, 1.165) is 10.9 Å². The number of nitro benzene ring substituents is 1. The highest BCUT2D eigenvalue weighted by Gasteiger charge is 2.40. The smallest absolute Gasteiger partial charge is 0.321 e. The van der Waals surface area contributed by atoms with Crippen LogP contribution in [0.25, 0.3) is 10.9 Å². The summed E-state index contributed by atoms with van der Waals surface area (Å²) in [5.41, 5.74) is 1.85. The molecule has 0 radical (unpaired) electrons. The van der Waals surface area contributed by atoms with Gasteiger partial charge in [0.25, 0.3) is 5.69 Å². The molecule has 1 heterocycles. The van der Waals surface area contributed by atoms with Crippen LogP contribution in [-0.4, -0.2) is 42.2 Å². The molecule has 0 aliphatic rings. The maximum Gasteiger partial charge on any atom is 0.321 e. The first-order chi connectivity index (χ1) is 15.4. The van der Waals surface area contributed by atoms with Gasteiger partial charge in [0.1, 0.15) is 5.75 Å². The van der Waals surface area contributed by atoms with Crippen molar-refractivity contribution in [3.05, 3.63) is 69.9 Å². The predicted octanol–water partition coefficient (Wildman–Crippen LogP) is 3.96. The van der Waals surface area contributed by atoms with Gasteiger partial charge in [-0.1, -0.05) is 12.1 Å². The fourth-order valence-electron chi connectivity index (χ4n) is 3.69. The quantitative estimate of drug-likeness (QED) is 0.231. The van der Waals surface area contributed by atoms with E-state index in [9.17, 15) is 19.7 Å². The number of methoxy groups -OCH3 is 1. The Kier molecular flexibility index (Phi) is 7.09. The average Bonchev–Trinajstić information content (AvgIpc) is 3.20. The first-order valence-corrected chi connectivity index (χ1v) is 10.1. The molecule has 0 fully saturated rings. The van der Waals surface area contributed by atoms with Gasteiger partial charge < -0.3 is 19.2 Å². The maximum atomic E-state index is 12.9. The van der Waals surface area contributed by atoms with Crippen molar-refractivity contribution in [1.82, 2.24) is 4.98 Å². The van der Waals surface area contributed by atoms with Gasteiger partial charge in [-0.15, -0.1) is 0 Å². The summed E-state index contributed by atoms with van der Waals surface area (Å²) in [6.45, 7) is 3.47. The standard InChI is InChI=1S/C23H24N2O7/c1-4-31-22(26)21(23(27)32-5-2)20(14-6-8-15(9-7-14)25(28)29)18-13-24-19-11-10-16(30-3)12-17(18)19/h6-13,20-21,24H,4-5H2,1-3H3/t20-/m0/s1. The summed E-state index contributed by atoms with van der Waals surface area (Å²) in [6.07, 6.45) is 1.71. The van der Waals surface area contributed by atoms with E-state index in [4.69, 9.17) is 14.2 Å². The van der Waals surface area contributed by atoms with Crippen molar-refractivity contribution in [2.24, 2.45) is 5.92 Å². The van der Waals surface area contributed by atoms with E-state index >= 15 is 0 Å². The number of ether oxygens (including phenoxy) is 3. The lowest BCUT2D eigenvalue weighted by Gasteiger charge is -2.24. The Morgan fingerprint density at radius 1 is 1.03 bits per heavy atom. The molecule has 9 nitrogen and oxygen atoms in total. The molecule has 168 valence electrons. The first-order valence-electron chi connectivity index (χ1n) is 10.1. The number of nitrogens with zero attached hydrogens (tertiary/aromatic N) is 1. The highest BCUT2D eigenvalue weighted by atomic mass is 16.6. The number of hydrogen-bond donors (Lipinski definition) is 1. The number of fused-ring (bicyclic) bond motifs is 1. The van der Waals surface area contributed by atoms with Crippen LogP contribution < -0.4 is 4.74 Å². The summed E-state index contributed by atoms with van der Waals surface area (Å²) >= 11 is 0. The fourth-order valence-corrected chi connectivity index (χ4v) is 3.69. The van der Waals surface area contributed by atoms with Crippen molar-refractivity contribution in [2.45, 2.75) is 19.8 Å². The largest absolute Gasteiger partial charge is 0.497 e. The molecule has 1 aromatic heterocycles. The van der Waals surface area contributed by atoms with E-state index in [-0.39, 0.29) is 18.9 Å². The fraction of sp³-hybridized carbons (Fsp3) is 0.304. The van der Waals surface area contributed by atoms with Gasteiger partial charge in [-0.3, -0.25) is 19.7 Å². The predicted molar refractivity (Wildman–Crippen MR) is 117 cm³/mol. The molecule has 0 amide bonds. The Morgan fingerprint density at radius 3 is 2.19 bits per heavy atom. The Hall–Kier alpha value is -3.88. The molecule has 0 saturated heterocycles. The van der Waals surface area contributed by atoms with Crippen LogP contribution in [-0.2, 0) is 19.1 Å². The zero-order valence-electron chi connectivity index (χ0n) is 18.0. The molecule has 0 unspecified atom stereocenters. The molecular weight excluding hydrogens is 416 g/mol. The van der Waals surface area contributed by atoms with Gasteiger partial charge in [0.15, 0.2) is 5.92 Å². The van der Waals surface area contributed by atoms with E-state index in [2.05, 4.69) is 4.98 Å². The van der Waals surface area contributed by atoms with E-state index in [0.29, 0.717) is 16.9 Å². The minimum Gasteiger partial charge on any atom is -0.497 e. The van der Waals surface area contributed by atoms with Crippen LogP contribution in [0, 0.1) is 16.0 Å². The molecule has 1 atom stereocenters. The third kappa shape index (κ3) is 4.56. The van der Waals surface area contributed by atoms with Gasteiger partial charge in [0.05, 0.1) is 25.2 Å². The van der Waals surface area contributed by atoms with Crippen LogP contribution in [0.3, 0.4) is 0 Å². The minimum absolute atomic E-state index is 0.0867. The second-order valence-corrected chi connectivity index (χ2v) is 6.96. The molecule has 0 spiro atoms. The van der Waals surface area contributed by atoms with Crippen LogP contribution in [0.2, 0.25) is 0 Å². The summed E-state index contributed by atoms with van der Waals surface area (Å²) in [7, 11) is 1.54. The zero-order chi connectivity index (χ0) is 23.3. The van der Waals surface area contributed by atoms with Gasteiger partial charge in [-0.05, 0) is 43.2 Å². The number of esters is 2. The number of aromatic nitrogens is 1. The van der Waals surface area contributed by atoms with Crippen LogP contribution in [0.1, 0.15) is 30.9 Å². The van der Waals surface area contributed by atoms with Crippen molar-refractivity contribution in [1.29, 1.82) is 0 Å². The van der Waals surface area contributed by atoms with Crippen molar-refractivity contribution < 1.29 is 28.7 Å². The van der Waals surface area contributed by atoms with Crippen molar-refractivity contribution in [2.75, 3.05) is 20.3 Å². The number of carbonyl (C=O) groups is 2. The summed E-state index contributed by atoms with van der Waals surface area (Å²) in [4.78, 5) is 39.6. The normalized spacial score (nSPS) is 11.9. The molecule has 0 bridgehead atoms. The molecule has 9 heteroatoms. The molecule has 32 heavy (non-hydrogen) atoms. The average molecular weight is 440 g/mol. The van der Waals surface area contributed by atoms with Crippen molar-refractivity contribution in [3.8, 4) is 5.75 Å². The lowest BCUT2D eigenvalue weighted by atomic mass is 9.80. The molecule has 3 aromatic rings. The highest BCUT2D eigenvalue weighted by Crippen LogP contribution is 2.39. The first kappa shape index (κ1) is 22.8. The van der Waals surface area contributed by atoms with Crippen LogP contribution in [0.5, 0.6) is 5.75 Å². The molecule has 0 saturated carbocycles. The van der Waals surface area contributed by atoms with Gasteiger partial charge in [0, 0.05) is 35.2 Å². The van der Waals surface area contributed by atoms with E-state index < -0.39 is 28.7 Å².